The zero-order valence-corrected chi connectivity index (χ0v) is 14.7. The monoisotopic (exact) mass is 360 g/mol. The van der Waals surface area contributed by atoms with Crippen LogP contribution in [-0.4, -0.2) is 30.9 Å². The lowest BCUT2D eigenvalue weighted by Gasteiger charge is -2.08. The molecule has 0 bridgehead atoms. The molecule has 0 saturated carbocycles. The normalized spacial score (nSPS) is 10.1. The highest BCUT2D eigenvalue weighted by Gasteiger charge is 2.10. The molecule has 2 rings (SSSR count). The van der Waals surface area contributed by atoms with Crippen molar-refractivity contribution in [2.75, 3.05) is 18.5 Å². The molecule has 132 valence electrons. The molecule has 1 heterocycles. The first-order chi connectivity index (χ1) is 12.1. The Morgan fingerprint density at radius 3 is 2.72 bits per heavy atom. The van der Waals surface area contributed by atoms with Gasteiger partial charge in [-0.05, 0) is 43.0 Å². The van der Waals surface area contributed by atoms with Crippen LogP contribution in [0.5, 0.6) is 0 Å². The Labute approximate surface area is 150 Å². The van der Waals surface area contributed by atoms with Crippen LogP contribution in [0.4, 0.5) is 5.69 Å². The number of nitrogens with one attached hydrogen (secondary N) is 2. The molecule has 2 N–H and O–H groups in total. The standard InChI is InChI=1S/C18H20N2O4S/c1-2-19-18(23)13-5-3-6-14(11-13)20-16(21)12-24-17(22)9-8-15-7-4-10-25-15/h3-7,10-11H,2,8-9,12H2,1H3,(H,19,23)(H,20,21). The fraction of sp³-hybridized carbons (Fsp3) is 0.278. The molecule has 2 aromatic rings. The molecule has 6 nitrogen and oxygen atoms in total. The molecule has 25 heavy (non-hydrogen) atoms. The van der Waals surface area contributed by atoms with E-state index in [1.165, 1.54) is 0 Å². The molecular weight excluding hydrogens is 340 g/mol. The predicted molar refractivity (Wildman–Crippen MR) is 96.7 cm³/mol. The van der Waals surface area contributed by atoms with Crippen LogP contribution >= 0.6 is 11.3 Å². The number of hydrogen-bond donors (Lipinski definition) is 2. The number of aryl methyl sites for hydroxylation is 1. The molecule has 0 radical (unpaired) electrons. The second-order valence-electron chi connectivity index (χ2n) is 5.23. The molecule has 7 heteroatoms. The maximum atomic E-state index is 11.9. The second-order valence-corrected chi connectivity index (χ2v) is 6.26. The van der Waals surface area contributed by atoms with E-state index in [0.717, 1.165) is 4.88 Å². The number of benzene rings is 1. The van der Waals surface area contributed by atoms with Crippen molar-refractivity contribution in [3.05, 3.63) is 52.2 Å². The third-order valence-corrected chi connectivity index (χ3v) is 4.20. The van der Waals surface area contributed by atoms with Crippen molar-refractivity contribution < 1.29 is 19.1 Å². The van der Waals surface area contributed by atoms with Crippen molar-refractivity contribution in [2.45, 2.75) is 19.8 Å². The van der Waals surface area contributed by atoms with Crippen molar-refractivity contribution in [1.29, 1.82) is 0 Å². The second kappa shape index (κ2) is 9.58. The third-order valence-electron chi connectivity index (χ3n) is 3.27. The molecular formula is C18H20N2O4S. The van der Waals surface area contributed by atoms with Crippen LogP contribution in [0.25, 0.3) is 0 Å². The van der Waals surface area contributed by atoms with Gasteiger partial charge in [-0.3, -0.25) is 14.4 Å². The number of anilines is 1. The van der Waals surface area contributed by atoms with Crippen LogP contribution in [0.15, 0.2) is 41.8 Å². The molecule has 0 aliphatic carbocycles. The minimum Gasteiger partial charge on any atom is -0.456 e. The number of esters is 1. The highest BCUT2D eigenvalue weighted by atomic mass is 32.1. The summed E-state index contributed by atoms with van der Waals surface area (Å²) >= 11 is 1.58. The van der Waals surface area contributed by atoms with Gasteiger partial charge in [-0.1, -0.05) is 12.1 Å². The molecule has 0 saturated heterocycles. The van der Waals surface area contributed by atoms with Gasteiger partial charge in [-0.15, -0.1) is 11.3 Å². The Hall–Kier alpha value is -2.67. The number of carbonyl (C=O) groups excluding carboxylic acids is 3. The number of hydrogen-bond acceptors (Lipinski definition) is 5. The molecule has 1 aromatic heterocycles. The van der Waals surface area contributed by atoms with Crippen LogP contribution in [0.2, 0.25) is 0 Å². The van der Waals surface area contributed by atoms with Gasteiger partial charge >= 0.3 is 5.97 Å². The fourth-order valence-corrected chi connectivity index (χ4v) is 2.81. The van der Waals surface area contributed by atoms with Crippen molar-refractivity contribution >= 4 is 34.8 Å². The first kappa shape index (κ1) is 18.7. The Balaban J connectivity index is 1.77. The van der Waals surface area contributed by atoms with Crippen LogP contribution in [0.1, 0.15) is 28.6 Å². The lowest BCUT2D eigenvalue weighted by molar-refractivity contribution is -0.147. The quantitative estimate of drug-likeness (QED) is 0.709. The summed E-state index contributed by atoms with van der Waals surface area (Å²) in [6, 6.07) is 10.4. The Morgan fingerprint density at radius 2 is 2.00 bits per heavy atom. The average Bonchev–Trinajstić information content (AvgIpc) is 3.12. The SMILES string of the molecule is CCNC(=O)c1cccc(NC(=O)COC(=O)CCc2cccs2)c1. The molecule has 0 aliphatic rings. The highest BCUT2D eigenvalue weighted by molar-refractivity contribution is 7.09. The molecule has 0 aliphatic heterocycles. The van der Waals surface area contributed by atoms with E-state index in [1.54, 1.807) is 35.6 Å². The van der Waals surface area contributed by atoms with E-state index in [1.807, 2.05) is 24.4 Å². The van der Waals surface area contributed by atoms with Gasteiger partial charge in [-0.2, -0.15) is 0 Å². The summed E-state index contributed by atoms with van der Waals surface area (Å²) < 4.78 is 4.96. The number of ether oxygens (including phenoxy) is 1. The van der Waals surface area contributed by atoms with E-state index in [0.29, 0.717) is 24.2 Å². The molecule has 0 spiro atoms. The van der Waals surface area contributed by atoms with Crippen LogP contribution in [-0.2, 0) is 20.7 Å². The average molecular weight is 360 g/mol. The molecule has 0 atom stereocenters. The lowest BCUT2D eigenvalue weighted by atomic mass is 10.2. The van der Waals surface area contributed by atoms with Gasteiger partial charge < -0.3 is 15.4 Å². The van der Waals surface area contributed by atoms with Crippen molar-refractivity contribution in [3.8, 4) is 0 Å². The summed E-state index contributed by atoms with van der Waals surface area (Å²) in [4.78, 5) is 36.4. The Kier molecular flexibility index (Phi) is 7.16. The van der Waals surface area contributed by atoms with E-state index < -0.39 is 11.9 Å². The number of amides is 2. The van der Waals surface area contributed by atoms with Crippen LogP contribution in [0, 0.1) is 0 Å². The Bertz CT molecular complexity index is 728. The molecule has 0 unspecified atom stereocenters. The van der Waals surface area contributed by atoms with Crippen molar-refractivity contribution in [2.24, 2.45) is 0 Å². The van der Waals surface area contributed by atoms with E-state index in [4.69, 9.17) is 4.74 Å². The minimum atomic E-state index is -0.447. The number of carbonyl (C=O) groups is 3. The van der Waals surface area contributed by atoms with Gasteiger partial charge in [0, 0.05) is 22.7 Å². The summed E-state index contributed by atoms with van der Waals surface area (Å²) in [6.07, 6.45) is 0.840. The number of rotatable bonds is 8. The topological polar surface area (TPSA) is 84.5 Å². The van der Waals surface area contributed by atoms with E-state index in [-0.39, 0.29) is 18.9 Å². The van der Waals surface area contributed by atoms with Crippen LogP contribution in [0.3, 0.4) is 0 Å². The van der Waals surface area contributed by atoms with Gasteiger partial charge in [0.15, 0.2) is 6.61 Å². The molecule has 2 amide bonds. The summed E-state index contributed by atoms with van der Waals surface area (Å²) in [5.74, 6) is -1.07. The molecule has 0 fully saturated rings. The van der Waals surface area contributed by atoms with E-state index in [9.17, 15) is 14.4 Å². The van der Waals surface area contributed by atoms with Crippen LogP contribution < -0.4 is 10.6 Å². The summed E-state index contributed by atoms with van der Waals surface area (Å²) in [6.45, 7) is 2.00. The zero-order valence-electron chi connectivity index (χ0n) is 13.9. The predicted octanol–water partition coefficient (Wildman–Crippen LogP) is 2.61. The minimum absolute atomic E-state index is 0.210. The summed E-state index contributed by atoms with van der Waals surface area (Å²) in [7, 11) is 0. The molecule has 1 aromatic carbocycles. The first-order valence-electron chi connectivity index (χ1n) is 7.94. The lowest BCUT2D eigenvalue weighted by Crippen LogP contribution is -2.23. The van der Waals surface area contributed by atoms with Gasteiger partial charge in [0.05, 0.1) is 6.42 Å². The smallest absolute Gasteiger partial charge is 0.306 e. The largest absolute Gasteiger partial charge is 0.456 e. The van der Waals surface area contributed by atoms with Gasteiger partial charge in [0.25, 0.3) is 11.8 Å². The van der Waals surface area contributed by atoms with Crippen molar-refractivity contribution in [1.82, 2.24) is 5.32 Å². The van der Waals surface area contributed by atoms with Crippen molar-refractivity contribution in [3.63, 3.8) is 0 Å². The first-order valence-corrected chi connectivity index (χ1v) is 8.82. The fourth-order valence-electron chi connectivity index (χ4n) is 2.10. The summed E-state index contributed by atoms with van der Waals surface area (Å²) in [5.41, 5.74) is 0.927. The van der Waals surface area contributed by atoms with E-state index >= 15 is 0 Å². The Morgan fingerprint density at radius 1 is 1.16 bits per heavy atom. The zero-order chi connectivity index (χ0) is 18.1. The highest BCUT2D eigenvalue weighted by Crippen LogP contribution is 2.12. The van der Waals surface area contributed by atoms with Gasteiger partial charge in [0.1, 0.15) is 0 Å². The van der Waals surface area contributed by atoms with Gasteiger partial charge in [-0.25, -0.2) is 0 Å². The summed E-state index contributed by atoms with van der Waals surface area (Å²) in [5, 5.41) is 7.25. The van der Waals surface area contributed by atoms with E-state index in [2.05, 4.69) is 10.6 Å². The number of thiophene rings is 1. The third kappa shape index (κ3) is 6.39. The maximum Gasteiger partial charge on any atom is 0.306 e. The van der Waals surface area contributed by atoms with Gasteiger partial charge in [0.2, 0.25) is 0 Å². The maximum absolute atomic E-state index is 11.9.